The van der Waals surface area contributed by atoms with E-state index in [0.29, 0.717) is 0 Å². The molecule has 3 aromatic rings. The van der Waals surface area contributed by atoms with Crippen molar-refractivity contribution in [1.82, 2.24) is 4.90 Å². The van der Waals surface area contributed by atoms with Gasteiger partial charge in [-0.3, -0.25) is 0 Å². The van der Waals surface area contributed by atoms with Crippen molar-refractivity contribution in [3.63, 3.8) is 0 Å². The van der Waals surface area contributed by atoms with Crippen LogP contribution in [0.25, 0.3) is 0 Å². The average molecular weight is 344 g/mol. The summed E-state index contributed by atoms with van der Waals surface area (Å²) < 4.78 is 0. The second kappa shape index (κ2) is 6.86. The molecule has 0 N–H and O–H groups in total. The number of allylic oxidation sites excluding steroid dienone is 1. The zero-order valence-electron chi connectivity index (χ0n) is 14.5. The average Bonchev–Trinajstić information content (AvgIpc) is 3.53. The van der Waals surface area contributed by atoms with Gasteiger partial charge in [0, 0.05) is 18.8 Å². The molecule has 124 valence electrons. The first-order chi connectivity index (χ1) is 12.3. The number of benzene rings is 3. The van der Waals surface area contributed by atoms with Gasteiger partial charge < -0.3 is 4.90 Å². The molecule has 0 bridgehead atoms. The summed E-state index contributed by atoms with van der Waals surface area (Å²) in [5.74, 6) is 2.56. The van der Waals surface area contributed by atoms with E-state index in [1.807, 2.05) is 0 Å². The molecule has 0 unspecified atom stereocenters. The molecule has 0 radical (unpaired) electrons. The molecule has 0 aliphatic carbocycles. The summed E-state index contributed by atoms with van der Waals surface area (Å²) >= 11 is 0. The first kappa shape index (κ1) is 16.1. The van der Waals surface area contributed by atoms with Crippen LogP contribution in [0.5, 0.6) is 0 Å². The normalized spacial score (nSPS) is 14.4. The maximum atomic E-state index is 2.56. The summed E-state index contributed by atoms with van der Waals surface area (Å²) in [5, 5.41) is 4.23. The van der Waals surface area contributed by atoms with Crippen molar-refractivity contribution in [3.05, 3.63) is 103 Å². The van der Waals surface area contributed by atoms with Crippen molar-refractivity contribution >= 4 is 23.2 Å². The minimum Gasteiger partial charge on any atom is -0.369 e. The minimum absolute atomic E-state index is 1.18. The van der Waals surface area contributed by atoms with Gasteiger partial charge in [-0.1, -0.05) is 54.6 Å². The van der Waals surface area contributed by atoms with Gasteiger partial charge >= 0.3 is 0 Å². The molecule has 1 nitrogen and oxygen atoms in total. The predicted molar refractivity (Wildman–Crippen MR) is 110 cm³/mol. The molecule has 4 rings (SSSR count). The molecule has 3 aromatic carbocycles. The molecule has 1 heterocycles. The van der Waals surface area contributed by atoms with Crippen molar-refractivity contribution in [2.24, 2.45) is 0 Å². The quantitative estimate of drug-likeness (QED) is 0.496. The van der Waals surface area contributed by atoms with E-state index in [1.54, 1.807) is 0 Å². The second-order valence-electron chi connectivity index (χ2n) is 6.49. The topological polar surface area (TPSA) is 3.01 Å². The number of hydrogen-bond donors (Lipinski definition) is 0. The lowest BCUT2D eigenvalue weighted by atomic mass is 10.4. The van der Waals surface area contributed by atoms with Crippen LogP contribution in [-0.2, 0) is 0 Å². The van der Waals surface area contributed by atoms with Crippen molar-refractivity contribution in [2.75, 3.05) is 13.1 Å². The van der Waals surface area contributed by atoms with Crippen LogP contribution in [0.1, 0.15) is 6.92 Å². The van der Waals surface area contributed by atoms with Crippen LogP contribution < -0.4 is 15.9 Å². The van der Waals surface area contributed by atoms with E-state index < -0.39 is 7.26 Å². The SMILES string of the molecule is C/C(=C/[P+](c1ccccc1)(c1ccccc1)c1ccccc1)N1CC1. The fourth-order valence-corrected chi connectivity index (χ4v) is 7.42. The largest absolute Gasteiger partial charge is 0.369 e. The standard InChI is InChI=1S/C23H23NP/c1-20(24-17-18-24)19-25(21-11-5-2-6-12-21,22-13-7-3-8-14-22)23-15-9-4-10-16-23/h2-16,19H,17-18H2,1H3/q+1/b20-19-. The summed E-state index contributed by atoms with van der Waals surface area (Å²) in [7, 11) is -1.83. The first-order valence-electron chi connectivity index (χ1n) is 8.81. The Morgan fingerprint density at radius 1 is 0.680 bits per heavy atom. The highest BCUT2D eigenvalue weighted by molar-refractivity contribution is 7.98. The third-order valence-corrected chi connectivity index (χ3v) is 8.92. The zero-order valence-corrected chi connectivity index (χ0v) is 15.4. The lowest BCUT2D eigenvalue weighted by Crippen LogP contribution is -2.30. The van der Waals surface area contributed by atoms with Crippen molar-refractivity contribution in [3.8, 4) is 0 Å². The molecule has 1 saturated heterocycles. The molecular formula is C23H23NP+. The van der Waals surface area contributed by atoms with E-state index in [0.717, 1.165) is 0 Å². The molecule has 25 heavy (non-hydrogen) atoms. The van der Waals surface area contributed by atoms with Gasteiger partial charge in [-0.05, 0) is 43.3 Å². The molecule has 2 heteroatoms. The highest BCUT2D eigenvalue weighted by atomic mass is 31.2. The van der Waals surface area contributed by atoms with E-state index in [1.165, 1.54) is 34.7 Å². The molecule has 0 aromatic heterocycles. The maximum Gasteiger partial charge on any atom is 0.138 e. The highest BCUT2D eigenvalue weighted by Gasteiger charge is 2.44. The Bertz CT molecular complexity index is 756. The van der Waals surface area contributed by atoms with Crippen LogP contribution in [-0.4, -0.2) is 18.0 Å². The van der Waals surface area contributed by atoms with Gasteiger partial charge in [0.15, 0.2) is 0 Å². The summed E-state index contributed by atoms with van der Waals surface area (Å²) in [6, 6.07) is 33.0. The molecule has 0 amide bonds. The summed E-state index contributed by atoms with van der Waals surface area (Å²) in [6.07, 6.45) is 0. The van der Waals surface area contributed by atoms with Crippen molar-refractivity contribution < 1.29 is 0 Å². The Balaban J connectivity index is 2.02. The van der Waals surface area contributed by atoms with Gasteiger partial charge in [0.2, 0.25) is 0 Å². The second-order valence-corrected chi connectivity index (χ2v) is 9.74. The van der Waals surface area contributed by atoms with Gasteiger partial charge in [0.25, 0.3) is 0 Å². The summed E-state index contributed by atoms with van der Waals surface area (Å²) in [5.41, 5.74) is 1.39. The van der Waals surface area contributed by atoms with Gasteiger partial charge in [0.05, 0.1) is 5.82 Å². The van der Waals surface area contributed by atoms with Crippen LogP contribution in [0.3, 0.4) is 0 Å². The molecule has 0 saturated carbocycles. The lowest BCUT2D eigenvalue weighted by molar-refractivity contribution is 0.701. The van der Waals surface area contributed by atoms with Gasteiger partial charge in [-0.2, -0.15) is 0 Å². The number of hydrogen-bond acceptors (Lipinski definition) is 1. The van der Waals surface area contributed by atoms with Crippen molar-refractivity contribution in [2.45, 2.75) is 6.92 Å². The molecular weight excluding hydrogens is 321 g/mol. The van der Waals surface area contributed by atoms with E-state index in [4.69, 9.17) is 0 Å². The maximum absolute atomic E-state index is 2.56. The Hall–Kier alpha value is -2.37. The number of rotatable bonds is 5. The Morgan fingerprint density at radius 2 is 1.04 bits per heavy atom. The molecule has 0 atom stereocenters. The fourth-order valence-electron chi connectivity index (χ4n) is 3.42. The van der Waals surface area contributed by atoms with Gasteiger partial charge in [-0.15, -0.1) is 0 Å². The smallest absolute Gasteiger partial charge is 0.138 e. The van der Waals surface area contributed by atoms with E-state index >= 15 is 0 Å². The third-order valence-electron chi connectivity index (χ3n) is 4.82. The third kappa shape index (κ3) is 3.13. The van der Waals surface area contributed by atoms with Crippen molar-refractivity contribution in [1.29, 1.82) is 0 Å². The van der Waals surface area contributed by atoms with E-state index in [9.17, 15) is 0 Å². The number of nitrogens with zero attached hydrogens (tertiary/aromatic N) is 1. The minimum atomic E-state index is -1.83. The summed E-state index contributed by atoms with van der Waals surface area (Å²) in [6.45, 7) is 4.62. The van der Waals surface area contributed by atoms with Crippen LogP contribution >= 0.6 is 7.26 Å². The highest BCUT2D eigenvalue weighted by Crippen LogP contribution is 2.57. The summed E-state index contributed by atoms with van der Waals surface area (Å²) in [4.78, 5) is 2.45. The Kier molecular flexibility index (Phi) is 4.42. The van der Waals surface area contributed by atoms with E-state index in [2.05, 4.69) is 109 Å². The molecule has 1 aliphatic rings. The van der Waals surface area contributed by atoms with E-state index in [-0.39, 0.29) is 0 Å². The Labute approximate surface area is 151 Å². The van der Waals surface area contributed by atoms with Crippen LogP contribution in [0.15, 0.2) is 103 Å². The van der Waals surface area contributed by atoms with Gasteiger partial charge in [-0.25, -0.2) is 0 Å². The lowest BCUT2D eigenvalue weighted by Gasteiger charge is -2.25. The fraction of sp³-hybridized carbons (Fsp3) is 0.130. The van der Waals surface area contributed by atoms with Crippen LogP contribution in [0.2, 0.25) is 0 Å². The van der Waals surface area contributed by atoms with Gasteiger partial charge in [0.1, 0.15) is 23.2 Å². The molecule has 0 spiro atoms. The van der Waals surface area contributed by atoms with Crippen LogP contribution in [0, 0.1) is 0 Å². The molecule has 1 aliphatic heterocycles. The van der Waals surface area contributed by atoms with Crippen LogP contribution in [0.4, 0.5) is 0 Å². The monoisotopic (exact) mass is 344 g/mol. The first-order valence-corrected chi connectivity index (χ1v) is 10.7. The zero-order chi connectivity index (χ0) is 17.1. The predicted octanol–water partition coefficient (Wildman–Crippen LogP) is 4.16. The molecule has 1 fully saturated rings. The Morgan fingerprint density at radius 3 is 1.36 bits per heavy atom.